The Morgan fingerprint density at radius 3 is 1.60 bits per heavy atom. The van der Waals surface area contributed by atoms with Crippen LogP contribution in [0.25, 0.3) is 0 Å². The molecule has 0 aliphatic carbocycles. The van der Waals surface area contributed by atoms with Crippen molar-refractivity contribution in [3.8, 4) is 0 Å². The van der Waals surface area contributed by atoms with Gasteiger partial charge in [-0.1, -0.05) is 0 Å². The fourth-order valence-corrected chi connectivity index (χ4v) is 0.322. The topological polar surface area (TPSA) is 147 Å². The third-order valence-corrected chi connectivity index (χ3v) is 0.936. The third-order valence-electron chi connectivity index (χ3n) is 0.936. The van der Waals surface area contributed by atoms with Gasteiger partial charge in [-0.15, -0.1) is 0 Å². The lowest BCUT2D eigenvalue weighted by Gasteiger charge is -2.06. The summed E-state index contributed by atoms with van der Waals surface area (Å²) < 4.78 is 0. The van der Waals surface area contributed by atoms with E-state index in [1.165, 1.54) is 0 Å². The van der Waals surface area contributed by atoms with Crippen molar-refractivity contribution >= 4 is 5.91 Å². The Bertz CT molecular complexity index is 172. The van der Waals surface area contributed by atoms with Gasteiger partial charge in [0.15, 0.2) is 0 Å². The molecule has 1 amide bonds. The molecule has 0 unspecified atom stereocenters. The number of amides is 1. The maximum Gasteiger partial charge on any atom is 0.266 e. The number of nitrogens with two attached hydrogens (primary N) is 5. The van der Waals surface area contributed by atoms with Gasteiger partial charge in [0.25, 0.3) is 5.91 Å². The summed E-state index contributed by atoms with van der Waals surface area (Å²) in [5, 5.41) is 0. The highest BCUT2D eigenvalue weighted by atomic mass is 16.1. The van der Waals surface area contributed by atoms with Gasteiger partial charge < -0.3 is 28.7 Å². The zero-order valence-corrected chi connectivity index (χ0v) is 5.37. The first-order chi connectivity index (χ1) is 4.46. The quantitative estimate of drug-likeness (QED) is 0.205. The molecule has 0 aliphatic heterocycles. The lowest BCUT2D eigenvalue weighted by atomic mass is 10.3. The molecule has 0 bridgehead atoms. The Morgan fingerprint density at radius 2 is 1.50 bits per heavy atom. The van der Waals surface area contributed by atoms with Gasteiger partial charge >= 0.3 is 0 Å². The molecule has 0 heterocycles. The molecule has 6 heteroatoms. The van der Waals surface area contributed by atoms with Gasteiger partial charge in [0.1, 0.15) is 5.70 Å². The third kappa shape index (κ3) is 1.92. The number of hydrogen-bond donors (Lipinski definition) is 5. The van der Waals surface area contributed by atoms with Crippen molar-refractivity contribution in [2.45, 2.75) is 6.17 Å². The zero-order valence-electron chi connectivity index (χ0n) is 5.37. The second kappa shape index (κ2) is 3.04. The molecule has 10 N–H and O–H groups in total. The minimum atomic E-state index is -0.938. The molecule has 0 aromatic heterocycles. The average molecular weight is 145 g/mol. The molecule has 58 valence electrons. The van der Waals surface area contributed by atoms with E-state index in [9.17, 15) is 4.79 Å². The summed E-state index contributed by atoms with van der Waals surface area (Å²) >= 11 is 0. The average Bonchev–Trinajstić information content (AvgIpc) is 1.84. The second-order valence-corrected chi connectivity index (χ2v) is 1.76. The predicted octanol–water partition coefficient (Wildman–Crippen LogP) is -3.16. The monoisotopic (exact) mass is 145 g/mol. The van der Waals surface area contributed by atoms with Crippen molar-refractivity contribution in [1.29, 1.82) is 0 Å². The number of hydrogen-bond acceptors (Lipinski definition) is 5. The Balaban J connectivity index is 4.50. The van der Waals surface area contributed by atoms with E-state index in [0.29, 0.717) is 0 Å². The highest BCUT2D eigenvalue weighted by molar-refractivity contribution is 5.91. The Morgan fingerprint density at radius 1 is 1.10 bits per heavy atom. The molecule has 0 fully saturated rings. The highest BCUT2D eigenvalue weighted by Gasteiger charge is 2.08. The summed E-state index contributed by atoms with van der Waals surface area (Å²) in [6.07, 6.45) is -0.938. The van der Waals surface area contributed by atoms with Crippen molar-refractivity contribution in [3.63, 3.8) is 0 Å². The second-order valence-electron chi connectivity index (χ2n) is 1.76. The smallest absolute Gasteiger partial charge is 0.266 e. The minimum Gasteiger partial charge on any atom is -0.398 e. The van der Waals surface area contributed by atoms with Crippen LogP contribution in [0.2, 0.25) is 0 Å². The molecular weight excluding hydrogens is 134 g/mol. The van der Waals surface area contributed by atoms with E-state index in [1.807, 2.05) is 0 Å². The molecule has 0 rings (SSSR count). The first-order valence-corrected chi connectivity index (χ1v) is 2.53. The van der Waals surface area contributed by atoms with E-state index >= 15 is 0 Å². The summed E-state index contributed by atoms with van der Waals surface area (Å²) in [4.78, 5) is 10.3. The van der Waals surface area contributed by atoms with Crippen molar-refractivity contribution in [2.75, 3.05) is 0 Å². The molecule has 0 spiro atoms. The van der Waals surface area contributed by atoms with Crippen LogP contribution in [0, 0.1) is 0 Å². The van der Waals surface area contributed by atoms with Crippen LogP contribution < -0.4 is 28.7 Å². The van der Waals surface area contributed by atoms with Crippen molar-refractivity contribution < 1.29 is 4.79 Å². The lowest BCUT2D eigenvalue weighted by molar-refractivity contribution is -0.114. The molecule has 0 saturated heterocycles. The maximum absolute atomic E-state index is 10.3. The van der Waals surface area contributed by atoms with Crippen molar-refractivity contribution in [1.82, 2.24) is 0 Å². The fourth-order valence-electron chi connectivity index (χ4n) is 0.322. The number of carbonyl (C=O) groups is 1. The minimum absolute atomic E-state index is 0.0903. The first-order valence-electron chi connectivity index (χ1n) is 2.53. The summed E-state index contributed by atoms with van der Waals surface area (Å²) in [6.45, 7) is 0. The van der Waals surface area contributed by atoms with Gasteiger partial charge in [0, 0.05) is 0 Å². The van der Waals surface area contributed by atoms with E-state index in [4.69, 9.17) is 28.7 Å². The van der Waals surface area contributed by atoms with E-state index in [-0.39, 0.29) is 11.4 Å². The molecule has 0 aromatic carbocycles. The fraction of sp³-hybridized carbons (Fsp3) is 0.250. The summed E-state index contributed by atoms with van der Waals surface area (Å²) in [6, 6.07) is 0. The van der Waals surface area contributed by atoms with E-state index in [2.05, 4.69) is 0 Å². The van der Waals surface area contributed by atoms with Crippen LogP contribution in [0.15, 0.2) is 11.4 Å². The van der Waals surface area contributed by atoms with E-state index < -0.39 is 12.1 Å². The Hall–Kier alpha value is -1.27. The van der Waals surface area contributed by atoms with Gasteiger partial charge in [-0.05, 0) is 0 Å². The van der Waals surface area contributed by atoms with Gasteiger partial charge in [-0.2, -0.15) is 0 Å². The van der Waals surface area contributed by atoms with Crippen molar-refractivity contribution in [2.24, 2.45) is 28.7 Å². The van der Waals surface area contributed by atoms with Gasteiger partial charge in [-0.25, -0.2) is 0 Å². The van der Waals surface area contributed by atoms with Crippen molar-refractivity contribution in [3.05, 3.63) is 11.4 Å². The molecular formula is C4H11N5O. The molecule has 0 aromatic rings. The normalized spacial score (nSPS) is 13.1. The zero-order chi connectivity index (χ0) is 8.31. The Kier molecular flexibility index (Phi) is 2.65. The van der Waals surface area contributed by atoms with Gasteiger partial charge in [0.05, 0.1) is 11.9 Å². The summed E-state index contributed by atoms with van der Waals surface area (Å²) in [5.74, 6) is -0.821. The highest BCUT2D eigenvalue weighted by Crippen LogP contribution is 1.89. The van der Waals surface area contributed by atoms with Crippen LogP contribution in [-0.4, -0.2) is 12.1 Å². The molecule has 0 saturated carbocycles. The molecule has 6 nitrogen and oxygen atoms in total. The van der Waals surface area contributed by atoms with Crippen LogP contribution >= 0.6 is 0 Å². The maximum atomic E-state index is 10.3. The largest absolute Gasteiger partial charge is 0.398 e. The van der Waals surface area contributed by atoms with E-state index in [1.54, 1.807) is 0 Å². The lowest BCUT2D eigenvalue weighted by Crippen LogP contribution is -2.40. The Labute approximate surface area is 58.0 Å². The van der Waals surface area contributed by atoms with Crippen LogP contribution in [-0.2, 0) is 4.79 Å². The molecule has 0 atom stereocenters. The first kappa shape index (κ1) is 8.73. The number of carbonyl (C=O) groups excluding carboxylic acids is 1. The van der Waals surface area contributed by atoms with Crippen LogP contribution in [0.4, 0.5) is 0 Å². The number of rotatable bonds is 2. The van der Waals surface area contributed by atoms with Gasteiger partial charge in [0.2, 0.25) is 0 Å². The van der Waals surface area contributed by atoms with Crippen LogP contribution in [0.3, 0.4) is 0 Å². The predicted molar refractivity (Wildman–Crippen MR) is 36.8 cm³/mol. The standard InChI is InChI=1S/C4H11N5O/c5-1(3(7)8)2(6)4(9)10/h3H,5-8H2,(H2,9,10)/b2-1-. The van der Waals surface area contributed by atoms with Crippen LogP contribution in [0.5, 0.6) is 0 Å². The van der Waals surface area contributed by atoms with E-state index in [0.717, 1.165) is 0 Å². The molecule has 0 radical (unpaired) electrons. The van der Waals surface area contributed by atoms with Gasteiger partial charge in [-0.3, -0.25) is 4.79 Å². The summed E-state index contributed by atoms with van der Waals surface area (Å²) in [7, 11) is 0. The molecule has 0 aliphatic rings. The molecule has 10 heavy (non-hydrogen) atoms. The summed E-state index contributed by atoms with van der Waals surface area (Å²) in [5.41, 5.74) is 24.8. The van der Waals surface area contributed by atoms with Crippen LogP contribution in [0.1, 0.15) is 0 Å². The number of primary amides is 1. The SMILES string of the molecule is NC(=O)/C(N)=C(/N)C(N)N.